The summed E-state index contributed by atoms with van der Waals surface area (Å²) in [5, 5.41) is 11.2. The van der Waals surface area contributed by atoms with E-state index in [1.54, 1.807) is 6.92 Å². The maximum Gasteiger partial charge on any atom is 0.236 e. The van der Waals surface area contributed by atoms with E-state index in [1.165, 1.54) is 29.3 Å². The molecule has 0 saturated carbocycles. The number of aromatic nitrogens is 3. The minimum absolute atomic E-state index is 0.161. The number of halogens is 2. The number of thioether (sulfide) groups is 1. The summed E-state index contributed by atoms with van der Waals surface area (Å²) in [4.78, 5) is 15.8. The Morgan fingerprint density at radius 3 is 2.90 bits per heavy atom. The highest BCUT2D eigenvalue weighted by Gasteiger charge is 2.12. The van der Waals surface area contributed by atoms with Gasteiger partial charge in [0, 0.05) is 6.20 Å². The molecule has 2 rings (SSSR count). The maximum absolute atomic E-state index is 11.8. The quantitative estimate of drug-likeness (QED) is 0.824. The van der Waals surface area contributed by atoms with Crippen molar-refractivity contribution in [2.75, 3.05) is 16.8 Å². The predicted octanol–water partition coefficient (Wildman–Crippen LogP) is 2.86. The number of rotatable bonds is 4. The molecule has 106 valence electrons. The lowest BCUT2D eigenvalue weighted by molar-refractivity contribution is -0.113. The van der Waals surface area contributed by atoms with Gasteiger partial charge >= 0.3 is 0 Å². The molecule has 0 unspecified atom stereocenters. The molecule has 6 nitrogen and oxygen atoms in total. The molecule has 0 bridgehead atoms. The first kappa shape index (κ1) is 15.3. The summed E-state index contributed by atoms with van der Waals surface area (Å²) in [7, 11) is 0. The summed E-state index contributed by atoms with van der Waals surface area (Å²) < 4.78 is 0.629. The van der Waals surface area contributed by atoms with Gasteiger partial charge in [-0.15, -0.1) is 10.2 Å². The van der Waals surface area contributed by atoms with Gasteiger partial charge in [-0.1, -0.05) is 46.3 Å². The van der Waals surface area contributed by atoms with Gasteiger partial charge in [-0.05, 0) is 12.5 Å². The highest BCUT2D eigenvalue weighted by Crippen LogP contribution is 2.29. The van der Waals surface area contributed by atoms with Gasteiger partial charge in [0.15, 0.2) is 10.2 Å². The number of nitrogen functional groups attached to an aromatic ring is 1. The van der Waals surface area contributed by atoms with Crippen LogP contribution in [0.4, 0.5) is 10.9 Å². The predicted molar refractivity (Wildman–Crippen MR) is 82.7 cm³/mol. The number of hydrogen-bond donors (Lipinski definition) is 2. The Labute approximate surface area is 133 Å². The number of hydrogen-bond acceptors (Lipinski definition) is 7. The molecular formula is C10H9Cl2N5OS2. The molecule has 0 saturated heterocycles. The van der Waals surface area contributed by atoms with E-state index >= 15 is 0 Å². The molecule has 0 aliphatic heterocycles. The molecular weight excluding hydrogens is 341 g/mol. The minimum atomic E-state index is -0.250. The summed E-state index contributed by atoms with van der Waals surface area (Å²) in [6, 6.07) is 0. The van der Waals surface area contributed by atoms with Crippen LogP contribution < -0.4 is 11.1 Å². The molecule has 0 atom stereocenters. The lowest BCUT2D eigenvalue weighted by Gasteiger charge is -2.08. The third-order valence-corrected chi connectivity index (χ3v) is 4.94. The van der Waals surface area contributed by atoms with Gasteiger partial charge in [0.05, 0.1) is 15.8 Å². The van der Waals surface area contributed by atoms with Crippen molar-refractivity contribution in [1.29, 1.82) is 0 Å². The summed E-state index contributed by atoms with van der Waals surface area (Å²) in [6.45, 7) is 1.75. The molecule has 0 radical (unpaired) electrons. The van der Waals surface area contributed by atoms with Crippen LogP contribution in [0.25, 0.3) is 0 Å². The Bertz CT molecular complexity index is 649. The molecule has 2 aromatic heterocycles. The summed E-state index contributed by atoms with van der Waals surface area (Å²) in [6.07, 6.45) is 1.44. The number of pyridine rings is 1. The van der Waals surface area contributed by atoms with E-state index in [0.717, 1.165) is 0 Å². The Kier molecular flexibility index (Phi) is 5.03. The Balaban J connectivity index is 1.96. The van der Waals surface area contributed by atoms with Gasteiger partial charge < -0.3 is 11.1 Å². The Morgan fingerprint density at radius 1 is 1.50 bits per heavy atom. The number of nitrogens with two attached hydrogens (primary N) is 1. The van der Waals surface area contributed by atoms with E-state index in [9.17, 15) is 4.79 Å². The summed E-state index contributed by atoms with van der Waals surface area (Å²) in [5.41, 5.74) is 6.12. The molecule has 10 heteroatoms. The SMILES string of the molecule is Cc1c(Cl)cnc(NC(=O)CSc2nnc(N)s2)c1Cl. The second-order valence-corrected chi connectivity index (χ2v) is 6.65. The van der Waals surface area contributed by atoms with Crippen LogP contribution in [0.2, 0.25) is 10.0 Å². The maximum atomic E-state index is 11.8. The average Bonchev–Trinajstić information content (AvgIpc) is 2.83. The molecule has 0 spiro atoms. The fraction of sp³-hybridized carbons (Fsp3) is 0.200. The lowest BCUT2D eigenvalue weighted by Crippen LogP contribution is -2.15. The Hall–Kier alpha value is -1.09. The molecule has 3 N–H and O–H groups in total. The van der Waals surface area contributed by atoms with Crippen molar-refractivity contribution in [3.63, 3.8) is 0 Å². The smallest absolute Gasteiger partial charge is 0.236 e. The largest absolute Gasteiger partial charge is 0.374 e. The van der Waals surface area contributed by atoms with Crippen molar-refractivity contribution in [3.05, 3.63) is 21.8 Å². The molecule has 1 amide bonds. The first-order valence-electron chi connectivity index (χ1n) is 5.29. The van der Waals surface area contributed by atoms with E-state index in [1.807, 2.05) is 0 Å². The third-order valence-electron chi connectivity index (χ3n) is 2.21. The van der Waals surface area contributed by atoms with E-state index < -0.39 is 0 Å². The van der Waals surface area contributed by atoms with Crippen molar-refractivity contribution in [1.82, 2.24) is 15.2 Å². The van der Waals surface area contributed by atoms with Crippen LogP contribution in [0.5, 0.6) is 0 Å². The standard InChI is InChI=1S/C10H9Cl2N5OS2/c1-4-5(11)2-14-8(7(4)12)15-6(18)3-19-10-17-16-9(13)20-10/h2H,3H2,1H3,(H2,13,16)(H,14,15,18). The zero-order valence-corrected chi connectivity index (χ0v) is 13.3. The van der Waals surface area contributed by atoms with Gasteiger partial charge in [0.2, 0.25) is 11.0 Å². The van der Waals surface area contributed by atoms with Gasteiger partial charge in [-0.2, -0.15) is 0 Å². The van der Waals surface area contributed by atoms with E-state index in [4.69, 9.17) is 28.9 Å². The van der Waals surface area contributed by atoms with Crippen LogP contribution in [-0.4, -0.2) is 26.8 Å². The van der Waals surface area contributed by atoms with Crippen molar-refractivity contribution in [3.8, 4) is 0 Å². The molecule has 0 aromatic carbocycles. The van der Waals surface area contributed by atoms with Crippen molar-refractivity contribution in [2.24, 2.45) is 0 Å². The second kappa shape index (κ2) is 6.57. The number of amides is 1. The fourth-order valence-electron chi connectivity index (χ4n) is 1.22. The first-order valence-corrected chi connectivity index (χ1v) is 7.85. The molecule has 0 aliphatic rings. The number of anilines is 2. The number of nitrogens with zero attached hydrogens (tertiary/aromatic N) is 3. The van der Waals surface area contributed by atoms with E-state index in [0.29, 0.717) is 25.1 Å². The summed E-state index contributed by atoms with van der Waals surface area (Å²) in [5.74, 6) is 0.199. The fourth-order valence-corrected chi connectivity index (χ4v) is 3.04. The summed E-state index contributed by atoms with van der Waals surface area (Å²) >= 11 is 14.4. The van der Waals surface area contributed by atoms with E-state index in [2.05, 4.69) is 20.5 Å². The van der Waals surface area contributed by atoms with Crippen molar-refractivity contribution in [2.45, 2.75) is 11.3 Å². The Morgan fingerprint density at radius 2 is 2.25 bits per heavy atom. The van der Waals surface area contributed by atoms with Crippen LogP contribution in [0.1, 0.15) is 5.56 Å². The normalized spacial score (nSPS) is 10.6. The van der Waals surface area contributed by atoms with Crippen LogP contribution in [0.3, 0.4) is 0 Å². The van der Waals surface area contributed by atoms with Gasteiger partial charge in [-0.3, -0.25) is 4.79 Å². The molecule has 0 fully saturated rings. The van der Waals surface area contributed by atoms with Crippen molar-refractivity contribution < 1.29 is 4.79 Å². The zero-order chi connectivity index (χ0) is 14.7. The van der Waals surface area contributed by atoms with Crippen LogP contribution in [-0.2, 0) is 4.79 Å². The third kappa shape index (κ3) is 3.72. The van der Waals surface area contributed by atoms with Crippen molar-refractivity contribution >= 4 is 63.2 Å². The number of carbonyl (C=O) groups is 1. The number of carbonyl (C=O) groups excluding carboxylic acids is 1. The van der Waals surface area contributed by atoms with Crippen LogP contribution >= 0.6 is 46.3 Å². The highest BCUT2D eigenvalue weighted by molar-refractivity contribution is 8.01. The van der Waals surface area contributed by atoms with Gasteiger partial charge in [0.1, 0.15) is 0 Å². The average molecular weight is 350 g/mol. The molecule has 20 heavy (non-hydrogen) atoms. The molecule has 0 aliphatic carbocycles. The van der Waals surface area contributed by atoms with Crippen LogP contribution in [0.15, 0.2) is 10.5 Å². The topological polar surface area (TPSA) is 93.8 Å². The highest BCUT2D eigenvalue weighted by atomic mass is 35.5. The zero-order valence-electron chi connectivity index (χ0n) is 10.2. The first-order chi connectivity index (χ1) is 9.47. The minimum Gasteiger partial charge on any atom is -0.374 e. The second-order valence-electron chi connectivity index (χ2n) is 3.64. The lowest BCUT2D eigenvalue weighted by atomic mass is 10.3. The monoisotopic (exact) mass is 349 g/mol. The van der Waals surface area contributed by atoms with Gasteiger partial charge in [-0.25, -0.2) is 4.98 Å². The number of nitrogens with one attached hydrogen (secondary N) is 1. The van der Waals surface area contributed by atoms with Crippen LogP contribution in [0, 0.1) is 6.92 Å². The molecule has 2 heterocycles. The molecule has 2 aromatic rings. The van der Waals surface area contributed by atoms with Gasteiger partial charge in [0.25, 0.3) is 0 Å². The van der Waals surface area contributed by atoms with E-state index in [-0.39, 0.29) is 17.5 Å².